The number of fused-ring (bicyclic) bond motifs is 1. The molecular formula is C23H22N8O2. The Hall–Kier alpha value is -4.39. The lowest BCUT2D eigenvalue weighted by molar-refractivity contribution is 0.102. The van der Waals surface area contributed by atoms with Gasteiger partial charge in [-0.1, -0.05) is 37.7 Å². The average molecular weight is 442 g/mol. The van der Waals surface area contributed by atoms with Gasteiger partial charge in [-0.05, 0) is 19.9 Å². The Bertz CT molecular complexity index is 1440. The van der Waals surface area contributed by atoms with E-state index in [9.17, 15) is 4.79 Å². The number of hydrogen-bond acceptors (Lipinski definition) is 9. The largest absolute Gasteiger partial charge is 0.407 e. The van der Waals surface area contributed by atoms with E-state index in [1.807, 2.05) is 34.6 Å². The summed E-state index contributed by atoms with van der Waals surface area (Å²) < 4.78 is 5.51. The molecule has 3 N–H and O–H groups in total. The monoisotopic (exact) mass is 442 g/mol. The number of aromatic nitrogens is 6. The first kappa shape index (κ1) is 21.8. The van der Waals surface area contributed by atoms with E-state index in [1.165, 1.54) is 6.20 Å². The fourth-order valence-corrected chi connectivity index (χ4v) is 2.85. The fourth-order valence-electron chi connectivity index (χ4n) is 2.85. The predicted molar refractivity (Wildman–Crippen MR) is 122 cm³/mol. The highest BCUT2D eigenvalue weighted by atomic mass is 16.4. The summed E-state index contributed by atoms with van der Waals surface area (Å²) in [6, 6.07) is 1.62. The van der Waals surface area contributed by atoms with Crippen molar-refractivity contribution in [1.82, 2.24) is 30.1 Å². The molecule has 10 nitrogen and oxygen atoms in total. The molecule has 0 unspecified atom stereocenters. The first-order valence-electron chi connectivity index (χ1n) is 10.1. The van der Waals surface area contributed by atoms with Crippen LogP contribution in [0.25, 0.3) is 11.0 Å². The number of nitrogen functional groups attached to an aromatic ring is 1. The molecule has 10 heteroatoms. The molecule has 0 aliphatic rings. The van der Waals surface area contributed by atoms with Crippen LogP contribution in [-0.4, -0.2) is 36.0 Å². The zero-order valence-corrected chi connectivity index (χ0v) is 18.9. The van der Waals surface area contributed by atoms with Crippen molar-refractivity contribution in [2.45, 2.75) is 40.0 Å². The number of pyridine rings is 2. The summed E-state index contributed by atoms with van der Waals surface area (Å²) >= 11 is 0. The molecule has 4 rings (SSSR count). The molecule has 0 radical (unpaired) electrons. The van der Waals surface area contributed by atoms with Gasteiger partial charge in [-0.25, -0.2) is 15.0 Å². The van der Waals surface area contributed by atoms with Crippen LogP contribution in [-0.2, 0) is 5.41 Å². The molecule has 0 saturated heterocycles. The number of nitrogens with one attached hydrogen (secondary N) is 1. The third kappa shape index (κ3) is 4.62. The first-order chi connectivity index (χ1) is 15.6. The van der Waals surface area contributed by atoms with Crippen LogP contribution in [0.5, 0.6) is 0 Å². The number of carbonyl (C=O) groups is 1. The maximum atomic E-state index is 12.6. The van der Waals surface area contributed by atoms with Gasteiger partial charge in [0.25, 0.3) is 5.91 Å². The maximum absolute atomic E-state index is 12.6. The van der Waals surface area contributed by atoms with Gasteiger partial charge in [-0.2, -0.15) is 0 Å². The molecule has 0 aromatic carbocycles. The number of anilines is 2. The standard InChI is InChI=1S/C23H22N8O2/c1-12-13(2)28-18-16(19(24)26-11-17(18)27-12)7-6-14-8-15(10-25-9-14)20(32)29-22-31-30-21(33-22)23(3,4)5/h8-11H,1-5H3,(H2,24,26)(H,29,31,32). The van der Waals surface area contributed by atoms with E-state index in [0.29, 0.717) is 28.1 Å². The molecule has 0 aliphatic carbocycles. The van der Waals surface area contributed by atoms with Gasteiger partial charge in [-0.3, -0.25) is 15.1 Å². The molecule has 4 heterocycles. The van der Waals surface area contributed by atoms with Gasteiger partial charge < -0.3 is 10.2 Å². The summed E-state index contributed by atoms with van der Waals surface area (Å²) in [5.41, 5.74) is 9.77. The van der Waals surface area contributed by atoms with Crippen molar-refractivity contribution < 1.29 is 9.21 Å². The summed E-state index contributed by atoms with van der Waals surface area (Å²) in [6.45, 7) is 9.55. The van der Waals surface area contributed by atoms with Gasteiger partial charge in [-0.15, -0.1) is 5.10 Å². The minimum atomic E-state index is -0.446. The van der Waals surface area contributed by atoms with Crippen molar-refractivity contribution in [3.8, 4) is 11.8 Å². The van der Waals surface area contributed by atoms with E-state index in [2.05, 4.69) is 47.3 Å². The van der Waals surface area contributed by atoms with E-state index >= 15 is 0 Å². The topological polar surface area (TPSA) is 146 Å². The van der Waals surface area contributed by atoms with Crippen LogP contribution >= 0.6 is 0 Å². The predicted octanol–water partition coefficient (Wildman–Crippen LogP) is 2.95. The fraction of sp³-hybridized carbons (Fsp3) is 0.261. The van der Waals surface area contributed by atoms with Crippen molar-refractivity contribution >= 4 is 28.8 Å². The number of rotatable bonds is 2. The number of aryl methyl sites for hydroxylation is 2. The summed E-state index contributed by atoms with van der Waals surface area (Å²) in [7, 11) is 0. The second kappa shape index (κ2) is 8.27. The lowest BCUT2D eigenvalue weighted by atomic mass is 9.97. The molecule has 0 aliphatic heterocycles. The van der Waals surface area contributed by atoms with Gasteiger partial charge in [0, 0.05) is 23.4 Å². The van der Waals surface area contributed by atoms with Gasteiger partial charge in [0.1, 0.15) is 16.9 Å². The van der Waals surface area contributed by atoms with E-state index in [0.717, 1.165) is 11.4 Å². The van der Waals surface area contributed by atoms with Gasteiger partial charge >= 0.3 is 6.01 Å². The minimum absolute atomic E-state index is 0.0141. The third-order valence-electron chi connectivity index (χ3n) is 4.77. The van der Waals surface area contributed by atoms with E-state index < -0.39 is 5.91 Å². The van der Waals surface area contributed by atoms with Crippen LogP contribution < -0.4 is 11.1 Å². The van der Waals surface area contributed by atoms with Crippen LogP contribution in [0.15, 0.2) is 29.1 Å². The van der Waals surface area contributed by atoms with E-state index in [4.69, 9.17) is 10.2 Å². The van der Waals surface area contributed by atoms with Crippen molar-refractivity contribution in [2.75, 3.05) is 11.1 Å². The highest BCUT2D eigenvalue weighted by Gasteiger charge is 2.22. The summed E-state index contributed by atoms with van der Waals surface area (Å²) in [6.07, 6.45) is 4.54. The van der Waals surface area contributed by atoms with Crippen molar-refractivity contribution in [2.24, 2.45) is 0 Å². The van der Waals surface area contributed by atoms with Crippen molar-refractivity contribution in [3.05, 3.63) is 58.6 Å². The molecule has 0 bridgehead atoms. The normalized spacial score (nSPS) is 11.2. The lowest BCUT2D eigenvalue weighted by Crippen LogP contribution is -2.13. The molecule has 0 fully saturated rings. The van der Waals surface area contributed by atoms with Crippen LogP contribution in [0.2, 0.25) is 0 Å². The molecule has 0 spiro atoms. The molecule has 4 aromatic rings. The Morgan fingerprint density at radius 2 is 1.82 bits per heavy atom. The smallest absolute Gasteiger partial charge is 0.322 e. The number of hydrogen-bond donors (Lipinski definition) is 2. The molecule has 0 saturated carbocycles. The number of nitrogens with two attached hydrogens (primary N) is 1. The maximum Gasteiger partial charge on any atom is 0.322 e. The lowest BCUT2D eigenvalue weighted by Gasteiger charge is -2.10. The molecule has 166 valence electrons. The Morgan fingerprint density at radius 3 is 2.55 bits per heavy atom. The minimum Gasteiger partial charge on any atom is -0.407 e. The zero-order valence-electron chi connectivity index (χ0n) is 18.9. The second-order valence-corrected chi connectivity index (χ2v) is 8.48. The molecule has 0 atom stereocenters. The van der Waals surface area contributed by atoms with Crippen LogP contribution in [0.3, 0.4) is 0 Å². The first-order valence-corrected chi connectivity index (χ1v) is 10.1. The molecular weight excluding hydrogens is 420 g/mol. The second-order valence-electron chi connectivity index (χ2n) is 8.48. The molecule has 1 amide bonds. The number of amides is 1. The third-order valence-corrected chi connectivity index (χ3v) is 4.77. The summed E-state index contributed by atoms with van der Waals surface area (Å²) in [5, 5.41) is 10.4. The highest BCUT2D eigenvalue weighted by molar-refractivity contribution is 6.03. The Kier molecular flexibility index (Phi) is 5.47. The Labute approximate surface area is 190 Å². The molecule has 4 aromatic heterocycles. The highest BCUT2D eigenvalue weighted by Crippen LogP contribution is 2.22. The van der Waals surface area contributed by atoms with Crippen LogP contribution in [0.4, 0.5) is 11.8 Å². The van der Waals surface area contributed by atoms with Gasteiger partial charge in [0.05, 0.1) is 28.7 Å². The van der Waals surface area contributed by atoms with Crippen LogP contribution in [0, 0.1) is 25.7 Å². The van der Waals surface area contributed by atoms with E-state index in [1.54, 1.807) is 18.5 Å². The Morgan fingerprint density at radius 1 is 1.06 bits per heavy atom. The summed E-state index contributed by atoms with van der Waals surface area (Å²) in [5.74, 6) is 6.21. The van der Waals surface area contributed by atoms with Gasteiger partial charge in [0.2, 0.25) is 5.89 Å². The van der Waals surface area contributed by atoms with Gasteiger partial charge in [0.15, 0.2) is 0 Å². The summed E-state index contributed by atoms with van der Waals surface area (Å²) in [4.78, 5) is 30.0. The van der Waals surface area contributed by atoms with Crippen LogP contribution in [0.1, 0.15) is 59.5 Å². The Balaban J connectivity index is 1.61. The number of carbonyl (C=O) groups excluding carboxylic acids is 1. The average Bonchev–Trinajstić information content (AvgIpc) is 3.24. The van der Waals surface area contributed by atoms with Crippen molar-refractivity contribution in [3.63, 3.8) is 0 Å². The SMILES string of the molecule is Cc1nc2cnc(N)c(C#Cc3cncc(C(=O)Nc4nnc(C(C)(C)C)o4)c3)c2nc1C. The van der Waals surface area contributed by atoms with E-state index in [-0.39, 0.29) is 22.8 Å². The van der Waals surface area contributed by atoms with Crippen molar-refractivity contribution in [1.29, 1.82) is 0 Å². The number of nitrogens with zero attached hydrogens (tertiary/aromatic N) is 6. The zero-order chi connectivity index (χ0) is 23.8. The molecule has 33 heavy (non-hydrogen) atoms. The quantitative estimate of drug-likeness (QED) is 0.447.